The lowest BCUT2D eigenvalue weighted by Gasteiger charge is -2.25. The van der Waals surface area contributed by atoms with Crippen LogP contribution in [0, 0.1) is 6.92 Å². The first-order valence-corrected chi connectivity index (χ1v) is 10.8. The van der Waals surface area contributed by atoms with Crippen molar-refractivity contribution < 1.29 is 28.5 Å². The van der Waals surface area contributed by atoms with Crippen molar-refractivity contribution >= 4 is 17.4 Å². The molecule has 0 saturated carbocycles. The molecule has 0 aromatic heterocycles. The van der Waals surface area contributed by atoms with Gasteiger partial charge in [-0.05, 0) is 30.2 Å². The highest BCUT2D eigenvalue weighted by Crippen LogP contribution is 2.36. The number of rotatable bonds is 10. The number of hydrogen-bond acceptors (Lipinski definition) is 7. The van der Waals surface area contributed by atoms with Crippen LogP contribution in [-0.2, 0) is 25.6 Å². The van der Waals surface area contributed by atoms with E-state index in [1.807, 2.05) is 42.2 Å². The van der Waals surface area contributed by atoms with Gasteiger partial charge in [-0.1, -0.05) is 35.9 Å². The Balaban J connectivity index is 1.70. The van der Waals surface area contributed by atoms with E-state index in [0.717, 1.165) is 11.1 Å². The number of ether oxygens (including phenoxy) is 4. The van der Waals surface area contributed by atoms with Crippen molar-refractivity contribution in [2.45, 2.75) is 13.5 Å². The fraction of sp³-hybridized carbons (Fsp3) is 0.360. The molecule has 2 amide bonds. The zero-order chi connectivity index (χ0) is 23.4. The van der Waals surface area contributed by atoms with Gasteiger partial charge in [-0.2, -0.15) is 0 Å². The summed E-state index contributed by atoms with van der Waals surface area (Å²) in [7, 11) is 3.22. The van der Waals surface area contributed by atoms with Gasteiger partial charge in [0.2, 0.25) is 6.79 Å². The number of imide groups is 1. The number of aryl methyl sites for hydroxylation is 1. The standard InChI is InChI=1S/C25H28N2O6/c1-17-4-7-19(8-5-17)22-23(26(10-12-30-2)11-13-31-3)25(29)27(24(22)28)15-18-6-9-20-21(14-18)33-16-32-20/h4-9,14H,10-13,15-16H2,1-3H3. The van der Waals surface area contributed by atoms with E-state index in [0.29, 0.717) is 54.6 Å². The van der Waals surface area contributed by atoms with Gasteiger partial charge in [0.25, 0.3) is 11.8 Å². The summed E-state index contributed by atoms with van der Waals surface area (Å²) in [5, 5.41) is 0. The van der Waals surface area contributed by atoms with Crippen LogP contribution in [-0.4, -0.2) is 68.9 Å². The van der Waals surface area contributed by atoms with Crippen LogP contribution in [0.15, 0.2) is 48.2 Å². The monoisotopic (exact) mass is 452 g/mol. The van der Waals surface area contributed by atoms with E-state index in [4.69, 9.17) is 18.9 Å². The molecule has 0 bridgehead atoms. The van der Waals surface area contributed by atoms with Crippen molar-refractivity contribution in [2.24, 2.45) is 0 Å². The van der Waals surface area contributed by atoms with Gasteiger partial charge in [0.15, 0.2) is 11.5 Å². The Morgan fingerprint density at radius 2 is 1.58 bits per heavy atom. The molecule has 0 radical (unpaired) electrons. The minimum Gasteiger partial charge on any atom is -0.454 e. The molecule has 0 fully saturated rings. The number of carbonyl (C=O) groups is 2. The molecule has 0 N–H and O–H groups in total. The minimum absolute atomic E-state index is 0.134. The summed E-state index contributed by atoms with van der Waals surface area (Å²) in [5.74, 6) is 0.611. The third kappa shape index (κ3) is 4.72. The van der Waals surface area contributed by atoms with E-state index in [-0.39, 0.29) is 25.2 Å². The Morgan fingerprint density at radius 1 is 0.909 bits per heavy atom. The highest BCUT2D eigenvalue weighted by atomic mass is 16.7. The van der Waals surface area contributed by atoms with E-state index in [1.165, 1.54) is 4.90 Å². The molecule has 0 saturated heterocycles. The van der Waals surface area contributed by atoms with Crippen molar-refractivity contribution in [3.05, 3.63) is 64.9 Å². The first-order chi connectivity index (χ1) is 16.0. The number of hydrogen-bond donors (Lipinski definition) is 0. The summed E-state index contributed by atoms with van der Waals surface area (Å²) < 4.78 is 21.3. The maximum atomic E-state index is 13.6. The fourth-order valence-electron chi connectivity index (χ4n) is 3.94. The van der Waals surface area contributed by atoms with Gasteiger partial charge in [-0.15, -0.1) is 0 Å². The average Bonchev–Trinajstić information content (AvgIpc) is 3.38. The second kappa shape index (κ2) is 10.1. The van der Waals surface area contributed by atoms with E-state index >= 15 is 0 Å². The quantitative estimate of drug-likeness (QED) is 0.513. The van der Waals surface area contributed by atoms with Crippen molar-refractivity contribution in [3.8, 4) is 11.5 Å². The number of nitrogens with zero attached hydrogens (tertiary/aromatic N) is 2. The summed E-state index contributed by atoms with van der Waals surface area (Å²) >= 11 is 0. The van der Waals surface area contributed by atoms with Crippen LogP contribution in [0.5, 0.6) is 11.5 Å². The van der Waals surface area contributed by atoms with Crippen molar-refractivity contribution in [1.82, 2.24) is 9.80 Å². The summed E-state index contributed by atoms with van der Waals surface area (Å²) in [6.07, 6.45) is 0. The van der Waals surface area contributed by atoms with Crippen molar-refractivity contribution in [2.75, 3.05) is 47.3 Å². The zero-order valence-electron chi connectivity index (χ0n) is 19.1. The lowest BCUT2D eigenvalue weighted by Crippen LogP contribution is -2.37. The molecule has 2 aliphatic rings. The molecule has 2 aromatic rings. The number of amides is 2. The van der Waals surface area contributed by atoms with E-state index in [1.54, 1.807) is 26.4 Å². The van der Waals surface area contributed by atoms with Gasteiger partial charge in [-0.25, -0.2) is 0 Å². The number of carbonyl (C=O) groups excluding carboxylic acids is 2. The predicted molar refractivity (Wildman–Crippen MR) is 122 cm³/mol. The maximum absolute atomic E-state index is 13.6. The van der Waals surface area contributed by atoms with Gasteiger partial charge < -0.3 is 23.8 Å². The third-order valence-corrected chi connectivity index (χ3v) is 5.71. The Bertz CT molecular complexity index is 1060. The van der Waals surface area contributed by atoms with E-state index in [9.17, 15) is 9.59 Å². The van der Waals surface area contributed by atoms with Gasteiger partial charge in [0.1, 0.15) is 5.70 Å². The SMILES string of the molecule is COCCN(CCOC)C1=C(c2ccc(C)cc2)C(=O)N(Cc2ccc3c(c2)OCO3)C1=O. The van der Waals surface area contributed by atoms with Gasteiger partial charge >= 0.3 is 0 Å². The predicted octanol–water partition coefficient (Wildman–Crippen LogP) is 2.60. The summed E-state index contributed by atoms with van der Waals surface area (Å²) in [4.78, 5) is 30.4. The third-order valence-electron chi connectivity index (χ3n) is 5.71. The molecule has 0 spiro atoms. The molecule has 8 nitrogen and oxygen atoms in total. The highest BCUT2D eigenvalue weighted by Gasteiger charge is 2.41. The second-order valence-corrected chi connectivity index (χ2v) is 7.95. The first-order valence-electron chi connectivity index (χ1n) is 10.8. The number of fused-ring (bicyclic) bond motifs is 1. The molecular formula is C25H28N2O6. The van der Waals surface area contributed by atoms with Gasteiger partial charge in [0, 0.05) is 27.3 Å². The Hall–Kier alpha value is -3.36. The van der Waals surface area contributed by atoms with Crippen LogP contribution in [0.25, 0.3) is 5.57 Å². The first kappa shape index (κ1) is 22.8. The van der Waals surface area contributed by atoms with Gasteiger partial charge in [-0.3, -0.25) is 14.5 Å². The molecule has 174 valence electrons. The summed E-state index contributed by atoms with van der Waals surface area (Å²) in [5.41, 5.74) is 3.34. The van der Waals surface area contributed by atoms with Gasteiger partial charge in [0.05, 0.1) is 25.3 Å². The molecule has 4 rings (SSSR count). The summed E-state index contributed by atoms with van der Waals surface area (Å²) in [6.45, 7) is 4.03. The van der Waals surface area contributed by atoms with Crippen LogP contribution < -0.4 is 9.47 Å². The average molecular weight is 453 g/mol. The second-order valence-electron chi connectivity index (χ2n) is 7.95. The smallest absolute Gasteiger partial charge is 0.278 e. The molecule has 2 aromatic carbocycles. The largest absolute Gasteiger partial charge is 0.454 e. The topological polar surface area (TPSA) is 77.5 Å². The molecule has 0 atom stereocenters. The van der Waals surface area contributed by atoms with E-state index < -0.39 is 0 Å². The Kier molecular flexibility index (Phi) is 6.96. The lowest BCUT2D eigenvalue weighted by atomic mass is 10.0. The number of benzene rings is 2. The minimum atomic E-state index is -0.333. The van der Waals surface area contributed by atoms with Crippen LogP contribution in [0.1, 0.15) is 16.7 Å². The van der Waals surface area contributed by atoms with Crippen LogP contribution in [0.2, 0.25) is 0 Å². The number of methoxy groups -OCH3 is 2. The summed E-state index contributed by atoms with van der Waals surface area (Å²) in [6, 6.07) is 13.1. The zero-order valence-corrected chi connectivity index (χ0v) is 19.1. The molecular weight excluding hydrogens is 424 g/mol. The molecule has 2 heterocycles. The highest BCUT2D eigenvalue weighted by molar-refractivity contribution is 6.35. The molecule has 33 heavy (non-hydrogen) atoms. The van der Waals surface area contributed by atoms with Crippen LogP contribution in [0.3, 0.4) is 0 Å². The fourth-order valence-corrected chi connectivity index (χ4v) is 3.94. The Labute approximate surface area is 193 Å². The molecule has 2 aliphatic heterocycles. The van der Waals surface area contributed by atoms with E-state index in [2.05, 4.69) is 0 Å². The van der Waals surface area contributed by atoms with Crippen molar-refractivity contribution in [3.63, 3.8) is 0 Å². The lowest BCUT2D eigenvalue weighted by molar-refractivity contribution is -0.138. The molecule has 8 heteroatoms. The Morgan fingerprint density at radius 3 is 2.24 bits per heavy atom. The maximum Gasteiger partial charge on any atom is 0.278 e. The molecule has 0 aliphatic carbocycles. The van der Waals surface area contributed by atoms with Crippen LogP contribution >= 0.6 is 0 Å². The van der Waals surface area contributed by atoms with Crippen LogP contribution in [0.4, 0.5) is 0 Å². The van der Waals surface area contributed by atoms with Crippen molar-refractivity contribution in [1.29, 1.82) is 0 Å². The molecule has 0 unspecified atom stereocenters. The normalized spacial score (nSPS) is 15.1.